The summed E-state index contributed by atoms with van der Waals surface area (Å²) >= 11 is 0. The summed E-state index contributed by atoms with van der Waals surface area (Å²) in [5.74, 6) is -2.27. The highest BCUT2D eigenvalue weighted by atomic mass is 16.7. The van der Waals surface area contributed by atoms with Gasteiger partial charge in [-0.15, -0.1) is 0 Å². The van der Waals surface area contributed by atoms with Crippen molar-refractivity contribution in [1.82, 2.24) is 0 Å². The van der Waals surface area contributed by atoms with Gasteiger partial charge in [0.15, 0.2) is 12.4 Å². The van der Waals surface area contributed by atoms with Crippen LogP contribution in [0.1, 0.15) is 187 Å². The maximum Gasteiger partial charge on any atom is 0.306 e. The molecule has 0 radical (unpaired) electrons. The van der Waals surface area contributed by atoms with Crippen molar-refractivity contribution in [3.8, 4) is 0 Å². The van der Waals surface area contributed by atoms with Crippen LogP contribution in [0, 0.1) is 0 Å². The van der Waals surface area contributed by atoms with Gasteiger partial charge in [0.1, 0.15) is 13.2 Å². The fraction of sp³-hybridized carbons (Fsp3) is 0.927. The Labute approximate surface area is 307 Å². The van der Waals surface area contributed by atoms with Crippen molar-refractivity contribution >= 4 is 17.9 Å². The summed E-state index contributed by atoms with van der Waals surface area (Å²) in [5, 5.41) is 11.6. The third-order valence-corrected chi connectivity index (χ3v) is 9.10. The number of carboxylic acids is 1. The van der Waals surface area contributed by atoms with Crippen LogP contribution in [0.15, 0.2) is 0 Å². The highest BCUT2D eigenvalue weighted by Gasteiger charge is 2.21. The molecular formula is C41H79NO8. The van der Waals surface area contributed by atoms with E-state index in [4.69, 9.17) is 18.9 Å². The van der Waals surface area contributed by atoms with Crippen molar-refractivity contribution in [2.24, 2.45) is 0 Å². The zero-order chi connectivity index (χ0) is 37.1. The average Bonchev–Trinajstić information content (AvgIpc) is 3.06. The van der Waals surface area contributed by atoms with Crippen molar-refractivity contribution in [3.63, 3.8) is 0 Å². The van der Waals surface area contributed by atoms with Gasteiger partial charge in [0.2, 0.25) is 0 Å². The number of likely N-dealkylation sites (N-methyl/N-ethyl adjacent to an activating group) is 1. The van der Waals surface area contributed by atoms with Crippen molar-refractivity contribution in [2.75, 3.05) is 47.5 Å². The number of aliphatic carboxylic acids is 1. The highest BCUT2D eigenvalue weighted by molar-refractivity contribution is 5.70. The Hall–Kier alpha value is -1.71. The van der Waals surface area contributed by atoms with E-state index in [1.54, 1.807) is 0 Å². The van der Waals surface area contributed by atoms with Crippen LogP contribution in [0.4, 0.5) is 0 Å². The Bertz CT molecular complexity index is 800. The van der Waals surface area contributed by atoms with Crippen LogP contribution in [0.25, 0.3) is 0 Å². The summed E-state index contributed by atoms with van der Waals surface area (Å²) in [4.78, 5) is 36.7. The first-order valence-corrected chi connectivity index (χ1v) is 20.7. The van der Waals surface area contributed by atoms with Gasteiger partial charge in [0.05, 0.1) is 40.3 Å². The molecule has 2 atom stereocenters. The molecule has 0 aromatic rings. The number of ether oxygens (including phenoxy) is 4. The lowest BCUT2D eigenvalue weighted by Crippen LogP contribution is -2.44. The van der Waals surface area contributed by atoms with E-state index in [-0.39, 0.29) is 32.2 Å². The molecule has 0 fully saturated rings. The molecule has 296 valence electrons. The van der Waals surface area contributed by atoms with Gasteiger partial charge in [-0.3, -0.25) is 9.59 Å². The second-order valence-electron chi connectivity index (χ2n) is 15.3. The Morgan fingerprint density at radius 2 is 0.900 bits per heavy atom. The molecule has 0 heterocycles. The number of rotatable bonds is 38. The topological polar surface area (TPSA) is 111 Å². The number of esters is 2. The molecule has 0 N–H and O–H groups in total. The summed E-state index contributed by atoms with van der Waals surface area (Å²) in [6, 6.07) is 0. The Morgan fingerprint density at radius 1 is 0.520 bits per heavy atom. The molecule has 0 aromatic carbocycles. The van der Waals surface area contributed by atoms with Crippen molar-refractivity contribution in [1.29, 1.82) is 0 Å². The number of hydrogen-bond donors (Lipinski definition) is 0. The summed E-state index contributed by atoms with van der Waals surface area (Å²) in [7, 11) is 5.91. The van der Waals surface area contributed by atoms with E-state index in [9.17, 15) is 19.5 Å². The molecule has 0 aliphatic rings. The van der Waals surface area contributed by atoms with Crippen LogP contribution in [-0.4, -0.2) is 82.3 Å². The second-order valence-corrected chi connectivity index (χ2v) is 15.3. The fourth-order valence-electron chi connectivity index (χ4n) is 5.83. The molecule has 9 nitrogen and oxygen atoms in total. The molecule has 0 aliphatic carbocycles. The van der Waals surface area contributed by atoms with Crippen molar-refractivity contribution in [2.45, 2.75) is 200 Å². The van der Waals surface area contributed by atoms with E-state index in [1.807, 2.05) is 21.1 Å². The number of carboxylic acid groups (broad SMARTS) is 1. The minimum Gasteiger partial charge on any atom is -0.545 e. The number of quaternary nitrogens is 1. The molecule has 0 bridgehead atoms. The fourth-order valence-corrected chi connectivity index (χ4v) is 5.83. The van der Waals surface area contributed by atoms with Crippen LogP contribution in [0.2, 0.25) is 0 Å². The van der Waals surface area contributed by atoms with E-state index < -0.39 is 24.3 Å². The van der Waals surface area contributed by atoms with Crippen LogP contribution in [-0.2, 0) is 33.3 Å². The van der Waals surface area contributed by atoms with E-state index in [2.05, 4.69) is 13.8 Å². The SMILES string of the molecule is CCCCCCCCCCCCCCCCCCC(=O)OC(COC(=O)CCCCCCCCCCC)COC(OCC[N+](C)(C)C)C(=O)[O-]. The monoisotopic (exact) mass is 714 g/mol. The predicted molar refractivity (Wildman–Crippen MR) is 200 cm³/mol. The van der Waals surface area contributed by atoms with Crippen LogP contribution in [0.3, 0.4) is 0 Å². The molecule has 0 spiro atoms. The molecule has 2 unspecified atom stereocenters. The van der Waals surface area contributed by atoms with E-state index >= 15 is 0 Å². The smallest absolute Gasteiger partial charge is 0.306 e. The first-order chi connectivity index (χ1) is 24.1. The number of unbranched alkanes of at least 4 members (excludes halogenated alkanes) is 23. The lowest BCUT2D eigenvalue weighted by Gasteiger charge is -2.26. The maximum atomic E-state index is 12.7. The predicted octanol–water partition coefficient (Wildman–Crippen LogP) is 8.83. The summed E-state index contributed by atoms with van der Waals surface area (Å²) in [6.45, 7) is 4.73. The largest absolute Gasteiger partial charge is 0.545 e. The van der Waals surface area contributed by atoms with Gasteiger partial charge in [-0.1, -0.05) is 162 Å². The van der Waals surface area contributed by atoms with E-state index in [1.165, 1.54) is 122 Å². The van der Waals surface area contributed by atoms with Gasteiger partial charge in [-0.2, -0.15) is 0 Å². The number of carbonyl (C=O) groups is 3. The van der Waals surface area contributed by atoms with E-state index in [0.29, 0.717) is 17.4 Å². The molecule has 0 saturated carbocycles. The Kier molecular flexibility index (Phi) is 33.2. The minimum atomic E-state index is -1.61. The molecule has 0 saturated heterocycles. The lowest BCUT2D eigenvalue weighted by molar-refractivity contribution is -0.870. The van der Waals surface area contributed by atoms with Crippen LogP contribution < -0.4 is 5.11 Å². The molecule has 50 heavy (non-hydrogen) atoms. The first kappa shape index (κ1) is 48.3. The first-order valence-electron chi connectivity index (χ1n) is 20.7. The molecular weight excluding hydrogens is 634 g/mol. The van der Waals surface area contributed by atoms with E-state index in [0.717, 1.165) is 38.5 Å². The number of hydrogen-bond acceptors (Lipinski definition) is 8. The zero-order valence-corrected chi connectivity index (χ0v) is 33.3. The quantitative estimate of drug-likeness (QED) is 0.0270. The zero-order valence-electron chi connectivity index (χ0n) is 33.3. The van der Waals surface area contributed by atoms with Gasteiger partial charge in [0.25, 0.3) is 0 Å². The molecule has 9 heteroatoms. The molecule has 0 rings (SSSR count). The normalized spacial score (nSPS) is 12.9. The third-order valence-electron chi connectivity index (χ3n) is 9.10. The molecule has 0 aliphatic heterocycles. The number of carbonyl (C=O) groups excluding carboxylic acids is 3. The number of nitrogens with zero attached hydrogens (tertiary/aromatic N) is 1. The standard InChI is InChI=1S/C41H79NO8/c1-6-8-10-12-14-16-17-18-19-20-21-22-24-26-28-30-32-39(44)50-37(36-49-41(40(45)46)47-34-33-42(3,4)5)35-48-38(43)31-29-27-25-23-15-13-11-9-7-2/h37,41H,6-36H2,1-5H3. The minimum absolute atomic E-state index is 0.152. The van der Waals surface area contributed by atoms with Crippen LogP contribution in [0.5, 0.6) is 0 Å². The maximum absolute atomic E-state index is 12.7. The van der Waals surface area contributed by atoms with Gasteiger partial charge >= 0.3 is 11.9 Å². The van der Waals surface area contributed by atoms with Crippen LogP contribution >= 0.6 is 0 Å². The van der Waals surface area contributed by atoms with Gasteiger partial charge < -0.3 is 33.3 Å². The van der Waals surface area contributed by atoms with Gasteiger partial charge in [-0.25, -0.2) is 0 Å². The summed E-state index contributed by atoms with van der Waals surface area (Å²) in [6.07, 6.45) is 28.5. The highest BCUT2D eigenvalue weighted by Crippen LogP contribution is 2.15. The second kappa shape index (κ2) is 34.4. The average molecular weight is 714 g/mol. The third kappa shape index (κ3) is 34.7. The lowest BCUT2D eigenvalue weighted by atomic mass is 10.0. The molecule has 0 aromatic heterocycles. The van der Waals surface area contributed by atoms with Gasteiger partial charge in [-0.05, 0) is 12.8 Å². The Morgan fingerprint density at radius 3 is 1.28 bits per heavy atom. The Balaban J connectivity index is 4.42. The van der Waals surface area contributed by atoms with Gasteiger partial charge in [0, 0.05) is 12.8 Å². The van der Waals surface area contributed by atoms with Crippen molar-refractivity contribution in [3.05, 3.63) is 0 Å². The molecule has 0 amide bonds. The summed E-state index contributed by atoms with van der Waals surface area (Å²) in [5.41, 5.74) is 0. The van der Waals surface area contributed by atoms with Crippen molar-refractivity contribution < 1.29 is 42.9 Å². The summed E-state index contributed by atoms with van der Waals surface area (Å²) < 4.78 is 22.5.